The monoisotopic (exact) mass is 451 g/mol. The first-order valence-corrected chi connectivity index (χ1v) is 11.2. The van der Waals surface area contributed by atoms with E-state index in [4.69, 9.17) is 16.3 Å². The number of imide groups is 1. The summed E-state index contributed by atoms with van der Waals surface area (Å²) in [5.41, 5.74) is 1.54. The molecule has 4 aliphatic rings. The zero-order valence-corrected chi connectivity index (χ0v) is 18.5. The Morgan fingerprint density at radius 3 is 2.59 bits per heavy atom. The lowest BCUT2D eigenvalue weighted by molar-refractivity contribution is -0.135. The van der Waals surface area contributed by atoms with Crippen LogP contribution < -0.4 is 15.0 Å². The lowest BCUT2D eigenvalue weighted by Gasteiger charge is -2.36. The number of hydrogen-bond donors (Lipinski definition) is 1. The standard InChI is InChI=1S/C24H22ClN3O4/c1-12-10-13(25)11-16-20(12)26-23(31)24(16)19-18(17-4-3-9-27(17)24)21(29)28(22(19)30)14-5-7-15(32-2)8-6-14/h5-8,10-11,17-19H,3-4,9H2,1-2H3,(H,26,31)/t17-,18+,19-,24-/m0/s1. The molecule has 0 aliphatic carbocycles. The Morgan fingerprint density at radius 2 is 1.88 bits per heavy atom. The number of fused-ring (bicyclic) bond motifs is 7. The van der Waals surface area contributed by atoms with Crippen LogP contribution in [-0.2, 0) is 19.9 Å². The average Bonchev–Trinajstić information content (AvgIpc) is 3.47. The van der Waals surface area contributed by atoms with Crippen molar-refractivity contribution < 1.29 is 19.1 Å². The number of halogens is 1. The molecule has 7 nitrogen and oxygen atoms in total. The second-order valence-electron chi connectivity index (χ2n) is 8.98. The van der Waals surface area contributed by atoms with Crippen molar-refractivity contribution in [1.29, 1.82) is 0 Å². The lowest BCUT2D eigenvalue weighted by atomic mass is 9.75. The Hall–Kier alpha value is -2.90. The molecule has 3 amide bonds. The van der Waals surface area contributed by atoms with Gasteiger partial charge in [0.05, 0.1) is 24.6 Å². The van der Waals surface area contributed by atoms with Gasteiger partial charge >= 0.3 is 0 Å². The van der Waals surface area contributed by atoms with Crippen LogP contribution in [-0.4, -0.2) is 42.3 Å². The largest absolute Gasteiger partial charge is 0.497 e. The van der Waals surface area contributed by atoms with E-state index < -0.39 is 17.4 Å². The molecular weight excluding hydrogens is 430 g/mol. The molecule has 4 atom stereocenters. The number of rotatable bonds is 2. The number of nitrogens with zero attached hydrogens (tertiary/aromatic N) is 2. The molecule has 2 aromatic carbocycles. The summed E-state index contributed by atoms with van der Waals surface area (Å²) >= 11 is 6.41. The Bertz CT molecular complexity index is 1200. The minimum atomic E-state index is -1.22. The van der Waals surface area contributed by atoms with Crippen molar-refractivity contribution in [2.75, 3.05) is 23.9 Å². The first-order chi connectivity index (χ1) is 15.4. The fourth-order valence-corrected chi connectivity index (χ4v) is 6.69. The highest BCUT2D eigenvalue weighted by Gasteiger charge is 2.74. The Kier molecular flexibility index (Phi) is 4.05. The predicted molar refractivity (Wildman–Crippen MR) is 119 cm³/mol. The van der Waals surface area contributed by atoms with Crippen LogP contribution in [0.3, 0.4) is 0 Å². The van der Waals surface area contributed by atoms with Gasteiger partial charge in [-0.25, -0.2) is 4.90 Å². The Morgan fingerprint density at radius 1 is 1.12 bits per heavy atom. The number of aryl methyl sites for hydroxylation is 1. The van der Waals surface area contributed by atoms with Gasteiger partial charge in [0.15, 0.2) is 0 Å². The first-order valence-electron chi connectivity index (χ1n) is 10.8. The number of ether oxygens (including phenoxy) is 1. The van der Waals surface area contributed by atoms with E-state index >= 15 is 0 Å². The summed E-state index contributed by atoms with van der Waals surface area (Å²) in [6, 6.07) is 10.3. The van der Waals surface area contributed by atoms with Crippen LogP contribution in [0.4, 0.5) is 11.4 Å². The van der Waals surface area contributed by atoms with Gasteiger partial charge in [-0.15, -0.1) is 0 Å². The molecular formula is C24H22ClN3O4. The number of hydrogen-bond acceptors (Lipinski definition) is 5. The molecule has 6 rings (SSSR count). The predicted octanol–water partition coefficient (Wildman–Crippen LogP) is 3.09. The molecule has 4 aliphatic heterocycles. The van der Waals surface area contributed by atoms with E-state index in [0.717, 1.165) is 18.4 Å². The normalized spacial score (nSPS) is 30.7. The summed E-state index contributed by atoms with van der Waals surface area (Å²) in [4.78, 5) is 44.6. The van der Waals surface area contributed by atoms with Gasteiger partial charge in [-0.05, 0) is 68.3 Å². The molecule has 1 spiro atoms. The quantitative estimate of drug-likeness (QED) is 0.710. The molecule has 4 heterocycles. The number of methoxy groups -OCH3 is 1. The number of amides is 3. The SMILES string of the molecule is COc1ccc(N2C(=O)[C@H]3[C@@H](C2=O)[C@@]2(C(=O)Nc4c(C)cc(Cl)cc42)N2CCC[C@@H]32)cc1. The summed E-state index contributed by atoms with van der Waals surface area (Å²) in [5, 5.41) is 3.53. The molecule has 0 aromatic heterocycles. The first kappa shape index (κ1) is 19.8. The van der Waals surface area contributed by atoms with Crippen LogP contribution in [0.2, 0.25) is 5.02 Å². The van der Waals surface area contributed by atoms with Gasteiger partial charge in [0.25, 0.3) is 0 Å². The Labute approximate surface area is 190 Å². The van der Waals surface area contributed by atoms with Crippen LogP contribution in [0.25, 0.3) is 0 Å². The van der Waals surface area contributed by atoms with Gasteiger partial charge in [-0.3, -0.25) is 19.3 Å². The summed E-state index contributed by atoms with van der Waals surface area (Å²) in [7, 11) is 1.56. The Balaban J connectivity index is 1.54. The molecule has 0 saturated carbocycles. The van der Waals surface area contributed by atoms with Gasteiger partial charge in [-0.1, -0.05) is 11.6 Å². The summed E-state index contributed by atoms with van der Waals surface area (Å²) in [5.74, 6) is -1.53. The summed E-state index contributed by atoms with van der Waals surface area (Å²) < 4.78 is 5.21. The van der Waals surface area contributed by atoms with Gasteiger partial charge in [0, 0.05) is 22.3 Å². The molecule has 1 N–H and O–H groups in total. The zero-order chi connectivity index (χ0) is 22.4. The van der Waals surface area contributed by atoms with Crippen molar-refractivity contribution >= 4 is 40.7 Å². The lowest BCUT2D eigenvalue weighted by Crippen LogP contribution is -2.54. The third kappa shape index (κ3) is 2.22. The highest BCUT2D eigenvalue weighted by atomic mass is 35.5. The third-order valence-corrected chi connectivity index (χ3v) is 7.81. The van der Waals surface area contributed by atoms with E-state index in [9.17, 15) is 14.4 Å². The molecule has 0 unspecified atom stereocenters. The molecule has 3 saturated heterocycles. The van der Waals surface area contributed by atoms with Crippen molar-refractivity contribution in [1.82, 2.24) is 4.90 Å². The van der Waals surface area contributed by atoms with E-state index in [2.05, 4.69) is 10.2 Å². The maximum absolute atomic E-state index is 13.9. The highest BCUT2D eigenvalue weighted by molar-refractivity contribution is 6.31. The van der Waals surface area contributed by atoms with Gasteiger partial charge in [-0.2, -0.15) is 0 Å². The minimum Gasteiger partial charge on any atom is -0.497 e. The van der Waals surface area contributed by atoms with E-state index in [-0.39, 0.29) is 23.8 Å². The van der Waals surface area contributed by atoms with Crippen molar-refractivity contribution in [3.8, 4) is 5.75 Å². The molecule has 0 radical (unpaired) electrons. The molecule has 2 aromatic rings. The van der Waals surface area contributed by atoms with Crippen molar-refractivity contribution in [2.24, 2.45) is 11.8 Å². The molecule has 8 heteroatoms. The minimum absolute atomic E-state index is 0.157. The summed E-state index contributed by atoms with van der Waals surface area (Å²) in [6.07, 6.45) is 1.66. The van der Waals surface area contributed by atoms with Crippen LogP contribution in [0, 0.1) is 18.8 Å². The van der Waals surface area contributed by atoms with E-state index in [0.29, 0.717) is 34.3 Å². The smallest absolute Gasteiger partial charge is 0.250 e. The second-order valence-corrected chi connectivity index (χ2v) is 9.42. The van der Waals surface area contributed by atoms with Gasteiger partial charge in [0.2, 0.25) is 17.7 Å². The summed E-state index contributed by atoms with van der Waals surface area (Å²) in [6.45, 7) is 2.56. The second kappa shape index (κ2) is 6.56. The number of carbonyl (C=O) groups excluding carboxylic acids is 3. The van der Waals surface area contributed by atoms with Crippen molar-refractivity contribution in [3.05, 3.63) is 52.5 Å². The fraction of sp³-hybridized carbons (Fsp3) is 0.375. The fourth-order valence-electron chi connectivity index (χ4n) is 6.42. The van der Waals surface area contributed by atoms with E-state index in [1.807, 2.05) is 6.92 Å². The molecule has 0 bridgehead atoms. The maximum atomic E-state index is 13.9. The van der Waals surface area contributed by atoms with Gasteiger partial charge < -0.3 is 10.1 Å². The van der Waals surface area contributed by atoms with Crippen LogP contribution >= 0.6 is 11.6 Å². The van der Waals surface area contributed by atoms with Gasteiger partial charge in [0.1, 0.15) is 11.3 Å². The van der Waals surface area contributed by atoms with Crippen molar-refractivity contribution in [2.45, 2.75) is 31.3 Å². The number of benzene rings is 2. The topological polar surface area (TPSA) is 78.9 Å². The van der Waals surface area contributed by atoms with Crippen LogP contribution in [0.1, 0.15) is 24.0 Å². The zero-order valence-electron chi connectivity index (χ0n) is 17.7. The molecule has 32 heavy (non-hydrogen) atoms. The van der Waals surface area contributed by atoms with E-state index in [1.54, 1.807) is 43.5 Å². The number of anilines is 2. The van der Waals surface area contributed by atoms with E-state index in [1.165, 1.54) is 4.90 Å². The average molecular weight is 452 g/mol. The van der Waals surface area contributed by atoms with Crippen LogP contribution in [0.15, 0.2) is 36.4 Å². The molecule has 164 valence electrons. The number of carbonyl (C=O) groups is 3. The number of nitrogens with one attached hydrogen (secondary N) is 1. The van der Waals surface area contributed by atoms with Crippen LogP contribution in [0.5, 0.6) is 5.75 Å². The highest BCUT2D eigenvalue weighted by Crippen LogP contribution is 2.61. The van der Waals surface area contributed by atoms with Crippen molar-refractivity contribution in [3.63, 3.8) is 0 Å². The maximum Gasteiger partial charge on any atom is 0.250 e. The molecule has 3 fully saturated rings. The third-order valence-electron chi connectivity index (χ3n) is 7.59.